The Morgan fingerprint density at radius 2 is 1.86 bits per heavy atom. The summed E-state index contributed by atoms with van der Waals surface area (Å²) in [5, 5.41) is 1.77. The van der Waals surface area contributed by atoms with E-state index in [-0.39, 0.29) is 12.2 Å². The van der Waals surface area contributed by atoms with Crippen molar-refractivity contribution >= 4 is 46.8 Å². The van der Waals surface area contributed by atoms with Crippen LogP contribution in [0.15, 0.2) is 42.0 Å². The van der Waals surface area contributed by atoms with Crippen molar-refractivity contribution in [2.75, 3.05) is 18.7 Å². The van der Waals surface area contributed by atoms with Crippen LogP contribution in [0.2, 0.25) is 10.0 Å². The second-order valence-electron chi connectivity index (χ2n) is 5.67. The zero-order chi connectivity index (χ0) is 20.3. The number of nitrogens with zero attached hydrogens (tertiary/aromatic N) is 1. The molecule has 1 saturated heterocycles. The number of hydrazine groups is 1. The van der Waals surface area contributed by atoms with E-state index < -0.39 is 11.8 Å². The van der Waals surface area contributed by atoms with Crippen LogP contribution >= 0.6 is 23.2 Å². The molecule has 1 aliphatic heterocycles. The molecule has 2 aromatic carbocycles. The number of ether oxygens (including phenoxy) is 2. The fraction of sp³-hybridized carbons (Fsp3) is 0.100. The Labute approximate surface area is 171 Å². The number of nitrogens with one attached hydrogen (secondary N) is 1. The molecule has 8 heteroatoms. The number of benzene rings is 2. The van der Waals surface area contributed by atoms with Gasteiger partial charge in [0.1, 0.15) is 12.2 Å². The highest BCUT2D eigenvalue weighted by atomic mass is 35.5. The third kappa shape index (κ3) is 4.06. The van der Waals surface area contributed by atoms with Crippen LogP contribution in [-0.4, -0.2) is 25.5 Å². The number of hydrogen-bond acceptors (Lipinski definition) is 4. The van der Waals surface area contributed by atoms with Gasteiger partial charge in [-0.15, -0.1) is 6.42 Å². The highest BCUT2D eigenvalue weighted by Crippen LogP contribution is 2.31. The van der Waals surface area contributed by atoms with E-state index >= 15 is 0 Å². The quantitative estimate of drug-likeness (QED) is 0.460. The van der Waals surface area contributed by atoms with Gasteiger partial charge in [0.25, 0.3) is 11.8 Å². The second kappa shape index (κ2) is 8.26. The van der Waals surface area contributed by atoms with E-state index in [1.54, 1.807) is 18.2 Å². The van der Waals surface area contributed by atoms with E-state index in [9.17, 15) is 9.59 Å². The summed E-state index contributed by atoms with van der Waals surface area (Å²) in [6.45, 7) is 0.0921. The molecule has 0 bridgehead atoms. The topological polar surface area (TPSA) is 67.9 Å². The minimum Gasteiger partial charge on any atom is -0.493 e. The number of halogens is 2. The van der Waals surface area contributed by atoms with Crippen molar-refractivity contribution in [2.45, 2.75) is 0 Å². The SMILES string of the molecule is C#CCOc1ccc(C=C2C(=O)NN(c3cc(Cl)cc(Cl)c3)C2=O)cc1OC. The smallest absolute Gasteiger partial charge is 0.282 e. The van der Waals surface area contributed by atoms with Crippen LogP contribution in [0.3, 0.4) is 0 Å². The Kier molecular flexibility index (Phi) is 5.78. The predicted octanol–water partition coefficient (Wildman–Crippen LogP) is 3.48. The Bertz CT molecular complexity index is 1010. The van der Waals surface area contributed by atoms with Gasteiger partial charge in [-0.05, 0) is 42.0 Å². The summed E-state index contributed by atoms with van der Waals surface area (Å²) in [5.74, 6) is 2.17. The highest BCUT2D eigenvalue weighted by molar-refractivity contribution is 6.36. The predicted molar refractivity (Wildman–Crippen MR) is 107 cm³/mol. The number of methoxy groups -OCH3 is 1. The van der Waals surface area contributed by atoms with Crippen molar-refractivity contribution in [1.29, 1.82) is 0 Å². The van der Waals surface area contributed by atoms with E-state index in [1.807, 2.05) is 0 Å². The summed E-state index contributed by atoms with van der Waals surface area (Å²) >= 11 is 12.0. The molecule has 1 N–H and O–H groups in total. The average Bonchev–Trinajstić information content (AvgIpc) is 2.94. The molecule has 0 atom stereocenters. The molecule has 2 aromatic rings. The van der Waals surface area contributed by atoms with Crippen LogP contribution in [0.25, 0.3) is 6.08 Å². The van der Waals surface area contributed by atoms with Gasteiger partial charge in [-0.2, -0.15) is 0 Å². The lowest BCUT2D eigenvalue weighted by atomic mass is 10.1. The first-order chi connectivity index (χ1) is 13.4. The first-order valence-corrected chi connectivity index (χ1v) is 8.76. The largest absolute Gasteiger partial charge is 0.493 e. The number of amides is 2. The maximum Gasteiger partial charge on any atom is 0.282 e. The lowest BCUT2D eigenvalue weighted by Gasteiger charge is -2.15. The van der Waals surface area contributed by atoms with Crippen LogP contribution in [0.4, 0.5) is 5.69 Å². The molecule has 0 aromatic heterocycles. The van der Waals surface area contributed by atoms with Gasteiger partial charge in [0.2, 0.25) is 0 Å². The summed E-state index contributed by atoms with van der Waals surface area (Å²) in [5.41, 5.74) is 3.38. The van der Waals surface area contributed by atoms with Crippen LogP contribution in [0, 0.1) is 12.3 Å². The molecular weight excluding hydrogens is 403 g/mol. The molecule has 0 radical (unpaired) electrons. The number of anilines is 1. The van der Waals surface area contributed by atoms with Gasteiger partial charge in [0.15, 0.2) is 11.5 Å². The molecular formula is C20H14Cl2N2O4. The van der Waals surface area contributed by atoms with Crippen molar-refractivity contribution < 1.29 is 19.1 Å². The summed E-state index contributed by atoms with van der Waals surface area (Å²) in [7, 11) is 1.48. The highest BCUT2D eigenvalue weighted by Gasteiger charge is 2.34. The van der Waals surface area contributed by atoms with E-state index in [2.05, 4.69) is 11.3 Å². The number of rotatable bonds is 5. The Balaban J connectivity index is 1.91. The van der Waals surface area contributed by atoms with Crippen LogP contribution in [0.5, 0.6) is 11.5 Å². The van der Waals surface area contributed by atoms with E-state index in [1.165, 1.54) is 31.4 Å². The number of hydrogen-bond donors (Lipinski definition) is 1. The normalized spacial score (nSPS) is 14.8. The minimum absolute atomic E-state index is 0.0459. The average molecular weight is 417 g/mol. The van der Waals surface area contributed by atoms with Crippen molar-refractivity contribution in [1.82, 2.24) is 5.43 Å². The van der Waals surface area contributed by atoms with Crippen molar-refractivity contribution in [3.8, 4) is 23.8 Å². The lowest BCUT2D eigenvalue weighted by molar-refractivity contribution is -0.117. The Morgan fingerprint density at radius 1 is 1.14 bits per heavy atom. The first kappa shape index (κ1) is 19.6. The molecule has 1 aliphatic rings. The molecule has 6 nitrogen and oxygen atoms in total. The molecule has 0 unspecified atom stereocenters. The molecule has 28 heavy (non-hydrogen) atoms. The van der Waals surface area contributed by atoms with Gasteiger partial charge < -0.3 is 9.47 Å². The number of carbonyl (C=O) groups excluding carboxylic acids is 2. The van der Waals surface area contributed by atoms with E-state index in [0.717, 1.165) is 5.01 Å². The monoisotopic (exact) mass is 416 g/mol. The second-order valence-corrected chi connectivity index (χ2v) is 6.54. The third-order valence-corrected chi connectivity index (χ3v) is 4.24. The summed E-state index contributed by atoms with van der Waals surface area (Å²) in [6, 6.07) is 9.54. The molecule has 0 aliphatic carbocycles. The number of terminal acetylenes is 1. The van der Waals surface area contributed by atoms with Gasteiger partial charge in [-0.1, -0.05) is 35.2 Å². The van der Waals surface area contributed by atoms with Crippen LogP contribution in [-0.2, 0) is 9.59 Å². The van der Waals surface area contributed by atoms with Crippen LogP contribution < -0.4 is 19.9 Å². The molecule has 1 heterocycles. The zero-order valence-corrected chi connectivity index (χ0v) is 16.2. The van der Waals surface area contributed by atoms with Crippen molar-refractivity contribution in [3.63, 3.8) is 0 Å². The van der Waals surface area contributed by atoms with Crippen LogP contribution in [0.1, 0.15) is 5.56 Å². The molecule has 2 amide bonds. The Morgan fingerprint density at radius 3 is 2.50 bits per heavy atom. The molecule has 0 saturated carbocycles. The standard InChI is InChI=1S/C20H14Cl2N2O4/c1-3-6-28-17-5-4-12(8-18(17)27-2)7-16-19(25)23-24(20(16)26)15-10-13(21)9-14(22)11-15/h1,4-5,7-11H,6H2,2H3,(H,23,25). The fourth-order valence-electron chi connectivity index (χ4n) is 2.59. The maximum atomic E-state index is 12.7. The molecule has 3 rings (SSSR count). The molecule has 142 valence electrons. The number of carbonyl (C=O) groups is 2. The summed E-state index contributed by atoms with van der Waals surface area (Å²) in [4.78, 5) is 25.0. The van der Waals surface area contributed by atoms with E-state index in [4.69, 9.17) is 39.1 Å². The summed E-state index contributed by atoms with van der Waals surface area (Å²) < 4.78 is 10.7. The summed E-state index contributed by atoms with van der Waals surface area (Å²) in [6.07, 6.45) is 6.64. The third-order valence-electron chi connectivity index (χ3n) is 3.81. The van der Waals surface area contributed by atoms with Crippen molar-refractivity contribution in [2.24, 2.45) is 0 Å². The van der Waals surface area contributed by atoms with Gasteiger partial charge in [0.05, 0.1) is 12.8 Å². The lowest BCUT2D eigenvalue weighted by Crippen LogP contribution is -2.35. The first-order valence-electron chi connectivity index (χ1n) is 8.00. The van der Waals surface area contributed by atoms with E-state index in [0.29, 0.717) is 32.8 Å². The van der Waals surface area contributed by atoms with Gasteiger partial charge >= 0.3 is 0 Å². The maximum absolute atomic E-state index is 12.7. The Hall–Kier alpha value is -3.14. The van der Waals surface area contributed by atoms with Gasteiger partial charge in [0, 0.05) is 10.0 Å². The van der Waals surface area contributed by atoms with Gasteiger partial charge in [-0.3, -0.25) is 15.0 Å². The molecule has 0 spiro atoms. The van der Waals surface area contributed by atoms with Crippen molar-refractivity contribution in [3.05, 3.63) is 57.6 Å². The minimum atomic E-state index is -0.548. The fourth-order valence-corrected chi connectivity index (χ4v) is 3.10. The zero-order valence-electron chi connectivity index (χ0n) is 14.7. The molecule has 1 fully saturated rings. The van der Waals surface area contributed by atoms with Gasteiger partial charge in [-0.25, -0.2) is 5.01 Å².